The van der Waals surface area contributed by atoms with Gasteiger partial charge in [-0.15, -0.1) is 0 Å². The van der Waals surface area contributed by atoms with Crippen LogP contribution in [-0.4, -0.2) is 47.7 Å². The van der Waals surface area contributed by atoms with Crippen LogP contribution in [0.1, 0.15) is 32.1 Å². The summed E-state index contributed by atoms with van der Waals surface area (Å²) in [5.74, 6) is 0.170. The molecule has 1 saturated carbocycles. The van der Waals surface area contributed by atoms with Gasteiger partial charge in [0.25, 0.3) is 0 Å². The molecule has 1 amide bonds. The van der Waals surface area contributed by atoms with Crippen LogP contribution in [0.4, 0.5) is 0 Å². The lowest BCUT2D eigenvalue weighted by molar-refractivity contribution is -0.134. The van der Waals surface area contributed by atoms with E-state index in [2.05, 4.69) is 5.32 Å². The van der Waals surface area contributed by atoms with Crippen LogP contribution in [-0.2, 0) is 4.79 Å². The van der Waals surface area contributed by atoms with Crippen LogP contribution in [0.5, 0.6) is 0 Å². The fraction of sp³-hybridized carbons (Fsp3) is 0.909. The first kappa shape index (κ1) is 10.9. The zero-order valence-electron chi connectivity index (χ0n) is 9.28. The number of aliphatic hydroxyl groups excluding tert-OH is 1. The minimum absolute atomic E-state index is 0.0286. The Morgan fingerprint density at radius 3 is 2.67 bits per heavy atom. The third-order valence-corrected chi connectivity index (χ3v) is 3.68. The lowest BCUT2D eigenvalue weighted by atomic mass is 9.91. The van der Waals surface area contributed by atoms with Gasteiger partial charge in [-0.2, -0.15) is 0 Å². The fourth-order valence-corrected chi connectivity index (χ4v) is 2.75. The third-order valence-electron chi connectivity index (χ3n) is 3.68. The van der Waals surface area contributed by atoms with Crippen molar-refractivity contribution >= 4 is 5.91 Å². The van der Waals surface area contributed by atoms with E-state index >= 15 is 0 Å². The zero-order valence-corrected chi connectivity index (χ0v) is 9.28. The van der Waals surface area contributed by atoms with Gasteiger partial charge in [0.05, 0.1) is 18.2 Å². The number of amides is 1. The largest absolute Gasteiger partial charge is 0.391 e. The predicted octanol–water partition coefficient (Wildman–Crippen LogP) is 0.110. The van der Waals surface area contributed by atoms with Gasteiger partial charge < -0.3 is 15.3 Å². The molecule has 15 heavy (non-hydrogen) atoms. The lowest BCUT2D eigenvalue weighted by Crippen LogP contribution is -2.48. The van der Waals surface area contributed by atoms with E-state index in [1.165, 1.54) is 0 Å². The van der Waals surface area contributed by atoms with Gasteiger partial charge in [0.2, 0.25) is 5.91 Å². The minimum atomic E-state index is -0.307. The standard InChI is InChI=1S/C11H20N2O2/c1-12-8-6-7-13(11(8)15)9-4-2-3-5-10(9)14/h8-10,12,14H,2-7H2,1H3. The first-order chi connectivity index (χ1) is 7.24. The maximum atomic E-state index is 11.9. The smallest absolute Gasteiger partial charge is 0.240 e. The van der Waals surface area contributed by atoms with E-state index in [1.807, 2.05) is 11.9 Å². The molecule has 0 radical (unpaired) electrons. The average molecular weight is 212 g/mol. The Morgan fingerprint density at radius 1 is 1.33 bits per heavy atom. The molecule has 1 saturated heterocycles. The molecule has 2 rings (SSSR count). The Balaban J connectivity index is 2.01. The lowest BCUT2D eigenvalue weighted by Gasteiger charge is -2.35. The molecule has 0 aromatic carbocycles. The average Bonchev–Trinajstić information content (AvgIpc) is 2.60. The van der Waals surface area contributed by atoms with E-state index in [0.29, 0.717) is 0 Å². The van der Waals surface area contributed by atoms with Crippen molar-refractivity contribution in [3.8, 4) is 0 Å². The highest BCUT2D eigenvalue weighted by atomic mass is 16.3. The molecule has 4 heteroatoms. The molecule has 3 unspecified atom stereocenters. The molecule has 3 atom stereocenters. The Morgan fingerprint density at radius 2 is 2.07 bits per heavy atom. The summed E-state index contributed by atoms with van der Waals surface area (Å²) in [6.07, 6.45) is 4.60. The number of rotatable bonds is 2. The number of aliphatic hydroxyl groups is 1. The zero-order chi connectivity index (χ0) is 10.8. The summed E-state index contributed by atoms with van der Waals surface area (Å²) in [4.78, 5) is 13.8. The van der Waals surface area contributed by atoms with Crippen LogP contribution in [0.25, 0.3) is 0 Å². The van der Waals surface area contributed by atoms with Gasteiger partial charge >= 0.3 is 0 Å². The Bertz CT molecular complexity index is 245. The summed E-state index contributed by atoms with van der Waals surface area (Å²) in [5, 5.41) is 12.9. The first-order valence-corrected chi connectivity index (χ1v) is 5.90. The molecule has 1 heterocycles. The second kappa shape index (κ2) is 4.49. The number of carbonyl (C=O) groups is 1. The summed E-state index contributed by atoms with van der Waals surface area (Å²) in [6, 6.07) is 0.0451. The summed E-state index contributed by atoms with van der Waals surface area (Å²) in [5.41, 5.74) is 0. The molecular weight excluding hydrogens is 192 g/mol. The van der Waals surface area contributed by atoms with Crippen molar-refractivity contribution in [1.29, 1.82) is 0 Å². The highest BCUT2D eigenvalue weighted by Gasteiger charge is 2.38. The number of hydrogen-bond donors (Lipinski definition) is 2. The Hall–Kier alpha value is -0.610. The van der Waals surface area contributed by atoms with Crippen molar-refractivity contribution < 1.29 is 9.90 Å². The van der Waals surface area contributed by atoms with Crippen LogP contribution in [0.2, 0.25) is 0 Å². The van der Waals surface area contributed by atoms with E-state index < -0.39 is 0 Å². The second-order valence-electron chi connectivity index (χ2n) is 4.58. The molecule has 1 aliphatic heterocycles. The predicted molar refractivity (Wildman–Crippen MR) is 57.4 cm³/mol. The quantitative estimate of drug-likeness (QED) is 0.683. The normalized spacial score (nSPS) is 37.3. The van der Waals surface area contributed by atoms with Gasteiger partial charge in [0.1, 0.15) is 0 Å². The third kappa shape index (κ3) is 2.01. The molecular formula is C11H20N2O2. The Labute approximate surface area is 90.6 Å². The maximum absolute atomic E-state index is 11.9. The molecule has 0 bridgehead atoms. The van der Waals surface area contributed by atoms with Crippen LogP contribution < -0.4 is 5.32 Å². The van der Waals surface area contributed by atoms with Crippen molar-refractivity contribution in [2.75, 3.05) is 13.6 Å². The van der Waals surface area contributed by atoms with E-state index in [4.69, 9.17) is 0 Å². The second-order valence-corrected chi connectivity index (χ2v) is 4.58. The molecule has 2 aliphatic rings. The monoisotopic (exact) mass is 212 g/mol. The van der Waals surface area contributed by atoms with E-state index in [-0.39, 0.29) is 24.1 Å². The molecule has 0 spiro atoms. The molecule has 2 fully saturated rings. The van der Waals surface area contributed by atoms with Gasteiger partial charge in [-0.1, -0.05) is 12.8 Å². The first-order valence-electron chi connectivity index (χ1n) is 5.90. The van der Waals surface area contributed by atoms with Crippen molar-refractivity contribution in [1.82, 2.24) is 10.2 Å². The summed E-state index contributed by atoms with van der Waals surface area (Å²) < 4.78 is 0. The molecule has 4 nitrogen and oxygen atoms in total. The highest BCUT2D eigenvalue weighted by molar-refractivity contribution is 5.84. The van der Waals surface area contributed by atoms with Crippen LogP contribution in [0, 0.1) is 0 Å². The number of nitrogens with zero attached hydrogens (tertiary/aromatic N) is 1. The summed E-state index contributed by atoms with van der Waals surface area (Å²) in [6.45, 7) is 0.798. The minimum Gasteiger partial charge on any atom is -0.391 e. The topological polar surface area (TPSA) is 52.6 Å². The number of carbonyl (C=O) groups excluding carboxylic acids is 1. The molecule has 1 aliphatic carbocycles. The maximum Gasteiger partial charge on any atom is 0.240 e. The van der Waals surface area contributed by atoms with Gasteiger partial charge in [0, 0.05) is 6.54 Å². The highest BCUT2D eigenvalue weighted by Crippen LogP contribution is 2.26. The van der Waals surface area contributed by atoms with Crippen molar-refractivity contribution in [2.24, 2.45) is 0 Å². The number of hydrogen-bond acceptors (Lipinski definition) is 3. The molecule has 0 aromatic rings. The van der Waals surface area contributed by atoms with Crippen LogP contribution in [0.3, 0.4) is 0 Å². The molecule has 0 aromatic heterocycles. The van der Waals surface area contributed by atoms with Crippen molar-refractivity contribution in [3.05, 3.63) is 0 Å². The molecule has 2 N–H and O–H groups in total. The van der Waals surface area contributed by atoms with E-state index in [9.17, 15) is 9.90 Å². The van der Waals surface area contributed by atoms with Gasteiger partial charge in [0.15, 0.2) is 0 Å². The summed E-state index contributed by atoms with van der Waals surface area (Å²) in [7, 11) is 1.82. The number of nitrogens with one attached hydrogen (secondary N) is 1. The van der Waals surface area contributed by atoms with E-state index in [1.54, 1.807) is 0 Å². The van der Waals surface area contributed by atoms with Gasteiger partial charge in [-0.3, -0.25) is 4.79 Å². The van der Waals surface area contributed by atoms with Gasteiger partial charge in [-0.05, 0) is 26.3 Å². The number of likely N-dealkylation sites (N-methyl/N-ethyl adjacent to an activating group) is 1. The Kier molecular flexibility index (Phi) is 3.26. The van der Waals surface area contributed by atoms with Crippen LogP contribution >= 0.6 is 0 Å². The SMILES string of the molecule is CNC1CCN(C2CCCCC2O)C1=O. The molecule has 86 valence electrons. The number of likely N-dealkylation sites (tertiary alicyclic amines) is 1. The van der Waals surface area contributed by atoms with Crippen LogP contribution in [0.15, 0.2) is 0 Å². The van der Waals surface area contributed by atoms with Gasteiger partial charge in [-0.25, -0.2) is 0 Å². The fourth-order valence-electron chi connectivity index (χ4n) is 2.75. The summed E-state index contributed by atoms with van der Waals surface area (Å²) >= 11 is 0. The van der Waals surface area contributed by atoms with E-state index in [0.717, 1.165) is 38.6 Å². The van der Waals surface area contributed by atoms with Crippen molar-refractivity contribution in [3.63, 3.8) is 0 Å². The van der Waals surface area contributed by atoms with Crippen molar-refractivity contribution in [2.45, 2.75) is 50.3 Å².